The van der Waals surface area contributed by atoms with Crippen molar-refractivity contribution in [3.05, 3.63) is 24.3 Å². The van der Waals surface area contributed by atoms with Gasteiger partial charge in [0.15, 0.2) is 11.5 Å². The molecule has 1 aromatic rings. The Kier molecular flexibility index (Phi) is 4.87. The van der Waals surface area contributed by atoms with E-state index in [4.69, 9.17) is 4.74 Å². The molecule has 90 valence electrons. The van der Waals surface area contributed by atoms with Crippen molar-refractivity contribution in [3.63, 3.8) is 0 Å². The zero-order valence-electron chi connectivity index (χ0n) is 10.5. The summed E-state index contributed by atoms with van der Waals surface area (Å²) < 4.78 is 5.79. The lowest BCUT2D eigenvalue weighted by atomic mass is 10.3. The van der Waals surface area contributed by atoms with E-state index in [1.165, 1.54) is 18.1 Å². The first-order chi connectivity index (χ1) is 7.67. The summed E-state index contributed by atoms with van der Waals surface area (Å²) in [5.41, 5.74) is 0. The van der Waals surface area contributed by atoms with Crippen molar-refractivity contribution in [2.75, 3.05) is 6.23 Å². The molecular weight excluding hydrogens is 216 g/mol. The highest BCUT2D eigenvalue weighted by Crippen LogP contribution is 2.27. The minimum atomic E-state index is -1.26. The van der Waals surface area contributed by atoms with Crippen LogP contribution < -0.4 is 4.74 Å². The molecule has 2 nitrogen and oxygen atoms in total. The van der Waals surface area contributed by atoms with Gasteiger partial charge in [-0.1, -0.05) is 51.0 Å². The summed E-state index contributed by atoms with van der Waals surface area (Å²) in [4.78, 5) is 0. The predicted molar refractivity (Wildman–Crippen MR) is 70.8 cm³/mol. The first kappa shape index (κ1) is 13.1. The van der Waals surface area contributed by atoms with Gasteiger partial charge in [0, 0.05) is 0 Å². The van der Waals surface area contributed by atoms with E-state index in [0.29, 0.717) is 5.75 Å². The molecular formula is C13H22O2Si. The molecule has 0 bridgehead atoms. The number of hydrogen-bond donors (Lipinski definition) is 1. The van der Waals surface area contributed by atoms with Gasteiger partial charge in [0.2, 0.25) is 0 Å². The maximum atomic E-state index is 9.62. The van der Waals surface area contributed by atoms with Gasteiger partial charge in [-0.15, -0.1) is 0 Å². The first-order valence-corrected chi connectivity index (χ1v) is 8.91. The fourth-order valence-electron chi connectivity index (χ4n) is 1.87. The minimum Gasteiger partial charge on any atom is -0.504 e. The third kappa shape index (κ3) is 3.01. The molecule has 0 aliphatic rings. The lowest BCUT2D eigenvalue weighted by Gasteiger charge is -2.27. The number of phenolic OH excluding ortho intramolecular Hbond substituents is 1. The fraction of sp³-hybridized carbons (Fsp3) is 0.538. The molecule has 0 aliphatic heterocycles. The quantitative estimate of drug-likeness (QED) is 0.763. The van der Waals surface area contributed by atoms with Crippen LogP contribution in [0.3, 0.4) is 0 Å². The average Bonchev–Trinajstić information content (AvgIpc) is 2.34. The van der Waals surface area contributed by atoms with Crippen molar-refractivity contribution in [3.8, 4) is 11.5 Å². The van der Waals surface area contributed by atoms with Gasteiger partial charge in [-0.2, -0.15) is 0 Å². The van der Waals surface area contributed by atoms with Crippen molar-refractivity contribution in [2.24, 2.45) is 0 Å². The summed E-state index contributed by atoms with van der Waals surface area (Å²) in [6, 6.07) is 10.9. The predicted octanol–water partition coefficient (Wildman–Crippen LogP) is 3.82. The van der Waals surface area contributed by atoms with Crippen molar-refractivity contribution in [1.82, 2.24) is 0 Å². The molecule has 1 N–H and O–H groups in total. The van der Waals surface area contributed by atoms with Gasteiger partial charge in [-0.3, -0.25) is 0 Å². The summed E-state index contributed by atoms with van der Waals surface area (Å²) >= 11 is 0. The second-order valence-electron chi connectivity index (χ2n) is 4.32. The summed E-state index contributed by atoms with van der Waals surface area (Å²) in [5, 5.41) is 9.62. The number of hydrogen-bond acceptors (Lipinski definition) is 2. The molecule has 0 unspecified atom stereocenters. The molecule has 1 aromatic carbocycles. The van der Waals surface area contributed by atoms with E-state index in [9.17, 15) is 5.11 Å². The van der Waals surface area contributed by atoms with Crippen molar-refractivity contribution in [1.29, 1.82) is 0 Å². The van der Waals surface area contributed by atoms with Gasteiger partial charge in [0.05, 0.1) is 14.3 Å². The molecule has 0 aromatic heterocycles. The topological polar surface area (TPSA) is 29.5 Å². The van der Waals surface area contributed by atoms with Crippen LogP contribution in [0.4, 0.5) is 0 Å². The molecule has 0 radical (unpaired) electrons. The lowest BCUT2D eigenvalue weighted by Crippen LogP contribution is -2.39. The van der Waals surface area contributed by atoms with Crippen molar-refractivity contribution in [2.45, 2.75) is 38.9 Å². The fourth-order valence-corrected chi connectivity index (χ4v) is 4.44. The summed E-state index contributed by atoms with van der Waals surface area (Å²) in [7, 11) is -1.26. The Hall–Kier alpha value is -0.963. The Morgan fingerprint density at radius 3 is 2.12 bits per heavy atom. The molecule has 1 rings (SSSR count). The lowest BCUT2D eigenvalue weighted by molar-refractivity contribution is 0.345. The molecule has 0 amide bonds. The third-order valence-corrected chi connectivity index (χ3v) is 8.91. The Bertz CT molecular complexity index is 313. The molecule has 0 saturated carbocycles. The normalized spacial score (nSPS) is 11.4. The van der Waals surface area contributed by atoms with Crippen LogP contribution in [0.5, 0.6) is 11.5 Å². The maximum absolute atomic E-state index is 9.62. The zero-order chi connectivity index (χ0) is 12.0. The Morgan fingerprint density at radius 1 is 1.06 bits per heavy atom. The van der Waals surface area contributed by atoms with Gasteiger partial charge >= 0.3 is 0 Å². The van der Waals surface area contributed by atoms with Gasteiger partial charge < -0.3 is 9.84 Å². The van der Waals surface area contributed by atoms with E-state index in [2.05, 4.69) is 20.8 Å². The van der Waals surface area contributed by atoms with E-state index in [1.54, 1.807) is 6.07 Å². The van der Waals surface area contributed by atoms with Crippen LogP contribution in [0.25, 0.3) is 0 Å². The van der Waals surface area contributed by atoms with Gasteiger partial charge in [-0.05, 0) is 12.1 Å². The zero-order valence-corrected chi connectivity index (χ0v) is 11.5. The van der Waals surface area contributed by atoms with E-state index < -0.39 is 8.07 Å². The molecule has 0 aliphatic carbocycles. The summed E-state index contributed by atoms with van der Waals surface area (Å²) in [5.74, 6) is 0.864. The van der Waals surface area contributed by atoms with Crippen LogP contribution in [0, 0.1) is 0 Å². The van der Waals surface area contributed by atoms with Crippen LogP contribution in [-0.2, 0) is 0 Å². The van der Waals surface area contributed by atoms with E-state index >= 15 is 0 Å². The number of benzene rings is 1. The molecule has 0 heterocycles. The highest BCUT2D eigenvalue weighted by molar-refractivity contribution is 6.79. The molecule has 0 saturated heterocycles. The Balaban J connectivity index is 2.66. The molecule has 0 fully saturated rings. The molecule has 0 atom stereocenters. The first-order valence-electron chi connectivity index (χ1n) is 6.08. The summed E-state index contributed by atoms with van der Waals surface area (Å²) in [6.07, 6.45) is 0.814. The summed E-state index contributed by atoms with van der Waals surface area (Å²) in [6.45, 7) is 6.77. The van der Waals surface area contributed by atoms with Crippen LogP contribution in [-0.4, -0.2) is 19.4 Å². The van der Waals surface area contributed by atoms with Gasteiger partial charge in [0.1, 0.15) is 0 Å². The van der Waals surface area contributed by atoms with Crippen molar-refractivity contribution >= 4 is 8.07 Å². The Morgan fingerprint density at radius 2 is 1.62 bits per heavy atom. The SMILES string of the molecule is CC[Si](CC)(CC)COc1ccccc1O. The smallest absolute Gasteiger partial charge is 0.160 e. The van der Waals surface area contributed by atoms with Gasteiger partial charge in [-0.25, -0.2) is 0 Å². The van der Waals surface area contributed by atoms with Crippen LogP contribution in [0.15, 0.2) is 24.3 Å². The standard InChI is InChI=1S/C13H22O2Si/c1-4-16(5-2,6-3)11-15-13-10-8-7-9-12(13)14/h7-10,14H,4-6,11H2,1-3H3. The highest BCUT2D eigenvalue weighted by atomic mass is 28.3. The average molecular weight is 238 g/mol. The van der Waals surface area contributed by atoms with Gasteiger partial charge in [0.25, 0.3) is 0 Å². The van der Waals surface area contributed by atoms with E-state index in [0.717, 1.165) is 6.23 Å². The second kappa shape index (κ2) is 5.94. The van der Waals surface area contributed by atoms with Crippen LogP contribution in [0.2, 0.25) is 18.1 Å². The van der Waals surface area contributed by atoms with E-state index in [-0.39, 0.29) is 5.75 Å². The van der Waals surface area contributed by atoms with Crippen molar-refractivity contribution < 1.29 is 9.84 Å². The number of rotatable bonds is 6. The highest BCUT2D eigenvalue weighted by Gasteiger charge is 2.28. The number of phenols is 1. The number of para-hydroxylation sites is 2. The number of ether oxygens (including phenoxy) is 1. The van der Waals surface area contributed by atoms with E-state index in [1.807, 2.05) is 18.2 Å². The molecule has 3 heteroatoms. The van der Waals surface area contributed by atoms with Crippen LogP contribution in [0.1, 0.15) is 20.8 Å². The third-order valence-electron chi connectivity index (χ3n) is 3.65. The maximum Gasteiger partial charge on any atom is 0.160 e. The minimum absolute atomic E-state index is 0.244. The molecule has 0 spiro atoms. The Labute approximate surface area is 99.3 Å². The largest absolute Gasteiger partial charge is 0.504 e. The monoisotopic (exact) mass is 238 g/mol. The van der Waals surface area contributed by atoms with Crippen LogP contribution >= 0.6 is 0 Å². The second-order valence-corrected chi connectivity index (χ2v) is 9.73. The number of aromatic hydroxyl groups is 1. The molecule has 16 heavy (non-hydrogen) atoms.